The zero-order valence-electron chi connectivity index (χ0n) is 20.5. The molecule has 1 amide bonds. The Hall–Kier alpha value is -2.38. The van der Waals surface area contributed by atoms with Crippen LogP contribution in [0.3, 0.4) is 0 Å². The molecule has 1 N–H and O–H groups in total. The molecule has 4 rings (SSSR count). The number of anilines is 1. The summed E-state index contributed by atoms with van der Waals surface area (Å²) >= 11 is 0. The van der Waals surface area contributed by atoms with E-state index in [0.29, 0.717) is 30.8 Å². The monoisotopic (exact) mass is 483 g/mol. The molecule has 0 saturated carbocycles. The Morgan fingerprint density at radius 2 is 1.50 bits per heavy atom. The van der Waals surface area contributed by atoms with E-state index in [4.69, 9.17) is 0 Å². The van der Waals surface area contributed by atoms with Crippen LogP contribution in [-0.2, 0) is 14.8 Å². The van der Waals surface area contributed by atoms with Crippen LogP contribution in [-0.4, -0.2) is 44.8 Å². The van der Waals surface area contributed by atoms with Crippen LogP contribution in [0.25, 0.3) is 0 Å². The zero-order valence-corrected chi connectivity index (χ0v) is 21.4. The number of sulfonamides is 1. The highest BCUT2D eigenvalue weighted by Crippen LogP contribution is 2.27. The number of nitrogens with zero attached hydrogens (tertiary/aromatic N) is 2. The van der Waals surface area contributed by atoms with Gasteiger partial charge in [0.15, 0.2) is 0 Å². The molecule has 1 atom stereocenters. The van der Waals surface area contributed by atoms with E-state index in [1.807, 2.05) is 26.0 Å². The van der Waals surface area contributed by atoms with Gasteiger partial charge in [-0.25, -0.2) is 8.42 Å². The van der Waals surface area contributed by atoms with E-state index < -0.39 is 10.0 Å². The largest absolute Gasteiger partial charge is 0.372 e. The van der Waals surface area contributed by atoms with Crippen LogP contribution in [0.5, 0.6) is 0 Å². The maximum atomic E-state index is 12.9. The molecule has 2 aromatic rings. The lowest BCUT2D eigenvalue weighted by Gasteiger charge is -2.32. The Kier molecular flexibility index (Phi) is 7.63. The summed E-state index contributed by atoms with van der Waals surface area (Å²) in [5.74, 6) is 0.649. The van der Waals surface area contributed by atoms with Gasteiger partial charge in [0.25, 0.3) is 0 Å². The normalized spacial score (nSPS) is 19.7. The topological polar surface area (TPSA) is 69.7 Å². The van der Waals surface area contributed by atoms with E-state index in [1.54, 1.807) is 12.1 Å². The van der Waals surface area contributed by atoms with E-state index in [9.17, 15) is 13.2 Å². The summed E-state index contributed by atoms with van der Waals surface area (Å²) in [6.45, 7) is 9.20. The summed E-state index contributed by atoms with van der Waals surface area (Å²) in [4.78, 5) is 15.7. The van der Waals surface area contributed by atoms with Gasteiger partial charge in [-0.15, -0.1) is 0 Å². The number of aryl methyl sites for hydroxylation is 1. The molecule has 184 valence electrons. The summed E-state index contributed by atoms with van der Waals surface area (Å²) in [6, 6.07) is 15.4. The average molecular weight is 484 g/mol. The smallest absolute Gasteiger partial charge is 0.243 e. The standard InChI is InChI=1S/C27H37N3O3S/c1-20-4-10-26(11-5-20)34(32,33)30-18-14-24(15-19-30)27(31)28-22(3)23-6-8-25(9-7-23)29-16-12-21(2)13-17-29/h4-11,21-22,24H,12-19H2,1-3H3,(H,28,31). The summed E-state index contributed by atoms with van der Waals surface area (Å²) in [5.41, 5.74) is 3.36. The van der Waals surface area contributed by atoms with E-state index in [2.05, 4.69) is 41.4 Å². The minimum absolute atomic E-state index is 0.00831. The minimum atomic E-state index is -3.51. The van der Waals surface area contributed by atoms with Crippen molar-refractivity contribution in [2.24, 2.45) is 11.8 Å². The molecule has 0 bridgehead atoms. The summed E-state index contributed by atoms with van der Waals surface area (Å²) in [5, 5.41) is 3.14. The Morgan fingerprint density at radius 1 is 0.912 bits per heavy atom. The molecule has 2 saturated heterocycles. The first-order valence-corrected chi connectivity index (χ1v) is 13.9. The molecule has 2 fully saturated rings. The zero-order chi connectivity index (χ0) is 24.3. The van der Waals surface area contributed by atoms with Crippen molar-refractivity contribution in [2.45, 2.75) is 57.4 Å². The van der Waals surface area contributed by atoms with Crippen molar-refractivity contribution in [3.8, 4) is 0 Å². The fourth-order valence-electron chi connectivity index (χ4n) is 4.87. The van der Waals surface area contributed by atoms with Gasteiger partial charge in [0.05, 0.1) is 10.9 Å². The van der Waals surface area contributed by atoms with E-state index in [-0.39, 0.29) is 17.9 Å². The molecule has 7 heteroatoms. The van der Waals surface area contributed by atoms with Crippen LogP contribution in [0.1, 0.15) is 56.7 Å². The highest BCUT2D eigenvalue weighted by molar-refractivity contribution is 7.89. The van der Waals surface area contributed by atoms with Crippen LogP contribution in [0.15, 0.2) is 53.4 Å². The average Bonchev–Trinajstić information content (AvgIpc) is 2.85. The number of amides is 1. The molecule has 0 radical (unpaired) electrons. The molecule has 2 aromatic carbocycles. The lowest BCUT2D eigenvalue weighted by Crippen LogP contribution is -2.43. The molecule has 2 aliphatic rings. The third kappa shape index (κ3) is 5.63. The van der Waals surface area contributed by atoms with E-state index in [0.717, 1.165) is 30.1 Å². The van der Waals surface area contributed by atoms with Crippen LogP contribution in [0.2, 0.25) is 0 Å². The van der Waals surface area contributed by atoms with Gasteiger partial charge < -0.3 is 10.2 Å². The van der Waals surface area contributed by atoms with E-state index in [1.165, 1.54) is 22.8 Å². The van der Waals surface area contributed by atoms with Gasteiger partial charge in [-0.1, -0.05) is 36.8 Å². The van der Waals surface area contributed by atoms with Gasteiger partial charge in [-0.2, -0.15) is 4.31 Å². The molecular formula is C27H37N3O3S. The quantitative estimate of drug-likeness (QED) is 0.656. The predicted molar refractivity (Wildman–Crippen MR) is 136 cm³/mol. The first kappa shape index (κ1) is 24.7. The maximum Gasteiger partial charge on any atom is 0.243 e. The maximum absolute atomic E-state index is 12.9. The third-order valence-corrected chi connectivity index (χ3v) is 9.30. The van der Waals surface area contributed by atoms with Crippen molar-refractivity contribution in [3.05, 3.63) is 59.7 Å². The molecule has 6 nitrogen and oxygen atoms in total. The fraction of sp³-hybridized carbons (Fsp3) is 0.519. The van der Waals surface area contributed by atoms with Crippen LogP contribution in [0.4, 0.5) is 5.69 Å². The molecule has 0 aromatic heterocycles. The number of rotatable bonds is 6. The van der Waals surface area contributed by atoms with Crippen molar-refractivity contribution >= 4 is 21.6 Å². The summed E-state index contributed by atoms with van der Waals surface area (Å²) in [6.07, 6.45) is 3.55. The Labute approximate surface area is 204 Å². The molecule has 2 heterocycles. The molecule has 0 spiro atoms. The van der Waals surface area contributed by atoms with Crippen LogP contribution in [0, 0.1) is 18.8 Å². The van der Waals surface area contributed by atoms with Gasteiger partial charge in [-0.3, -0.25) is 4.79 Å². The molecule has 0 aliphatic carbocycles. The first-order valence-electron chi connectivity index (χ1n) is 12.5. The predicted octanol–water partition coefficient (Wildman–Crippen LogP) is 4.51. The third-order valence-electron chi connectivity index (χ3n) is 7.38. The Bertz CT molecular complexity index is 1070. The van der Waals surface area contributed by atoms with Gasteiger partial charge in [0.2, 0.25) is 15.9 Å². The number of nitrogens with one attached hydrogen (secondary N) is 1. The van der Waals surface area contributed by atoms with Crippen molar-refractivity contribution < 1.29 is 13.2 Å². The van der Waals surface area contributed by atoms with Crippen LogP contribution < -0.4 is 10.2 Å². The molecular weight excluding hydrogens is 446 g/mol. The number of piperidine rings is 2. The first-order chi connectivity index (χ1) is 16.2. The molecule has 34 heavy (non-hydrogen) atoms. The van der Waals surface area contributed by atoms with Crippen molar-refractivity contribution in [2.75, 3.05) is 31.1 Å². The SMILES string of the molecule is Cc1ccc(S(=O)(=O)N2CCC(C(=O)NC(C)c3ccc(N4CCC(C)CC4)cc3)CC2)cc1. The lowest BCUT2D eigenvalue weighted by atomic mass is 9.96. The van der Waals surface area contributed by atoms with E-state index >= 15 is 0 Å². The second-order valence-corrected chi connectivity index (χ2v) is 11.9. The Morgan fingerprint density at radius 3 is 2.09 bits per heavy atom. The van der Waals surface area contributed by atoms with Crippen molar-refractivity contribution in [1.29, 1.82) is 0 Å². The number of carbonyl (C=O) groups is 1. The molecule has 1 unspecified atom stereocenters. The van der Waals surface area contributed by atoms with Gasteiger partial charge in [0.1, 0.15) is 0 Å². The highest BCUT2D eigenvalue weighted by atomic mass is 32.2. The van der Waals surface area contributed by atoms with Crippen LogP contribution >= 0.6 is 0 Å². The lowest BCUT2D eigenvalue weighted by molar-refractivity contribution is -0.126. The Balaban J connectivity index is 1.29. The number of carbonyl (C=O) groups excluding carboxylic acids is 1. The van der Waals surface area contributed by atoms with Gasteiger partial charge in [0, 0.05) is 37.8 Å². The second kappa shape index (κ2) is 10.5. The second-order valence-electron chi connectivity index (χ2n) is 9.98. The minimum Gasteiger partial charge on any atom is -0.372 e. The molecule has 2 aliphatic heterocycles. The van der Waals surface area contributed by atoms with Gasteiger partial charge in [-0.05, 0) is 75.3 Å². The number of hydrogen-bond acceptors (Lipinski definition) is 4. The summed E-state index contributed by atoms with van der Waals surface area (Å²) < 4.78 is 27.3. The number of benzene rings is 2. The fourth-order valence-corrected chi connectivity index (χ4v) is 6.34. The summed E-state index contributed by atoms with van der Waals surface area (Å²) in [7, 11) is -3.51. The van der Waals surface area contributed by atoms with Crippen molar-refractivity contribution in [3.63, 3.8) is 0 Å². The highest BCUT2D eigenvalue weighted by Gasteiger charge is 2.32. The number of hydrogen-bond donors (Lipinski definition) is 1. The van der Waals surface area contributed by atoms with Gasteiger partial charge >= 0.3 is 0 Å². The van der Waals surface area contributed by atoms with Crippen molar-refractivity contribution in [1.82, 2.24) is 9.62 Å².